The summed E-state index contributed by atoms with van der Waals surface area (Å²) in [5.41, 5.74) is -0.102. The van der Waals surface area contributed by atoms with Crippen LogP contribution in [-0.2, 0) is 9.53 Å². The van der Waals surface area contributed by atoms with Crippen LogP contribution in [0.25, 0.3) is 0 Å². The van der Waals surface area contributed by atoms with Crippen molar-refractivity contribution >= 4 is 5.78 Å². The van der Waals surface area contributed by atoms with Crippen LogP contribution in [-0.4, -0.2) is 29.7 Å². The number of aliphatic hydroxyl groups excluding tert-OH is 1. The first-order valence-corrected chi connectivity index (χ1v) is 6.80. The van der Waals surface area contributed by atoms with Gasteiger partial charge in [0.05, 0.1) is 18.8 Å². The molecule has 3 aliphatic rings. The number of ether oxygens (including phenoxy) is 1. The molecule has 0 spiro atoms. The van der Waals surface area contributed by atoms with Gasteiger partial charge in [0.2, 0.25) is 0 Å². The van der Waals surface area contributed by atoms with Crippen molar-refractivity contribution in [3.63, 3.8) is 0 Å². The first-order chi connectivity index (χ1) is 8.65. The monoisotopic (exact) mass is 248 g/mol. The van der Waals surface area contributed by atoms with Crippen LogP contribution in [0.4, 0.5) is 0 Å². The van der Waals surface area contributed by atoms with Crippen molar-refractivity contribution in [2.24, 2.45) is 17.3 Å². The Hall–Kier alpha value is -0.930. The molecular formula is C15H20O3. The summed E-state index contributed by atoms with van der Waals surface area (Å²) in [5, 5.41) is 9.17. The highest BCUT2D eigenvalue weighted by Gasteiger charge is 2.52. The predicted molar refractivity (Wildman–Crippen MR) is 68.0 cm³/mol. The third-order valence-electron chi connectivity index (χ3n) is 4.82. The Labute approximate surface area is 108 Å². The maximum atomic E-state index is 12.3. The van der Waals surface area contributed by atoms with E-state index >= 15 is 0 Å². The first-order valence-electron chi connectivity index (χ1n) is 6.80. The van der Waals surface area contributed by atoms with Crippen LogP contribution in [0.3, 0.4) is 0 Å². The van der Waals surface area contributed by atoms with Crippen LogP contribution in [0.5, 0.6) is 0 Å². The summed E-state index contributed by atoms with van der Waals surface area (Å²) in [6, 6.07) is 0. The van der Waals surface area contributed by atoms with Gasteiger partial charge in [0, 0.05) is 23.7 Å². The molecule has 98 valence electrons. The molecule has 1 heterocycles. The third-order valence-corrected chi connectivity index (χ3v) is 4.82. The Balaban J connectivity index is 1.96. The lowest BCUT2D eigenvalue weighted by atomic mass is 9.56. The highest BCUT2D eigenvalue weighted by atomic mass is 16.5. The van der Waals surface area contributed by atoms with E-state index in [1.165, 1.54) is 0 Å². The SMILES string of the molecule is C[C@@]12C=CCC[C@@H]1C(=O)C[C@H]1O[C@H](CO)C=C[C@@H]12. The predicted octanol–water partition coefficient (Wildman–Crippen LogP) is 1.86. The van der Waals surface area contributed by atoms with E-state index in [2.05, 4.69) is 25.2 Å². The van der Waals surface area contributed by atoms with E-state index in [4.69, 9.17) is 9.84 Å². The highest BCUT2D eigenvalue weighted by molar-refractivity contribution is 5.84. The third kappa shape index (κ3) is 1.69. The minimum atomic E-state index is -0.244. The highest BCUT2D eigenvalue weighted by Crippen LogP contribution is 2.51. The Morgan fingerprint density at radius 1 is 1.50 bits per heavy atom. The fourth-order valence-corrected chi connectivity index (χ4v) is 3.83. The molecule has 1 aliphatic heterocycles. The summed E-state index contributed by atoms with van der Waals surface area (Å²) in [5.74, 6) is 0.734. The van der Waals surface area contributed by atoms with Gasteiger partial charge in [-0.3, -0.25) is 4.79 Å². The Morgan fingerprint density at radius 3 is 3.11 bits per heavy atom. The summed E-state index contributed by atoms with van der Waals surface area (Å²) < 4.78 is 5.83. The van der Waals surface area contributed by atoms with Crippen LogP contribution < -0.4 is 0 Å². The van der Waals surface area contributed by atoms with E-state index in [-0.39, 0.29) is 36.1 Å². The number of hydrogen-bond donors (Lipinski definition) is 1. The number of fused-ring (bicyclic) bond motifs is 3. The average molecular weight is 248 g/mol. The number of rotatable bonds is 1. The normalized spacial score (nSPS) is 46.7. The number of allylic oxidation sites excluding steroid dienone is 2. The van der Waals surface area contributed by atoms with E-state index < -0.39 is 0 Å². The molecule has 0 unspecified atom stereocenters. The largest absolute Gasteiger partial charge is 0.393 e. The van der Waals surface area contributed by atoms with Gasteiger partial charge in [-0.1, -0.05) is 31.2 Å². The molecule has 0 saturated heterocycles. The Morgan fingerprint density at radius 2 is 2.33 bits per heavy atom. The summed E-state index contributed by atoms with van der Waals surface area (Å²) in [4.78, 5) is 12.3. The van der Waals surface area contributed by atoms with Crippen LogP contribution in [0.2, 0.25) is 0 Å². The second-order valence-electron chi connectivity index (χ2n) is 5.88. The number of carbonyl (C=O) groups excluding carboxylic acids is 1. The number of Topliss-reactive ketones (excluding diaryl/α,β-unsaturated/α-hetero) is 1. The fourth-order valence-electron chi connectivity index (χ4n) is 3.83. The van der Waals surface area contributed by atoms with Crippen molar-refractivity contribution in [1.29, 1.82) is 0 Å². The molecule has 3 nitrogen and oxygen atoms in total. The molecule has 2 aliphatic carbocycles. The van der Waals surface area contributed by atoms with E-state index in [0.29, 0.717) is 12.2 Å². The first kappa shape index (κ1) is 12.1. The van der Waals surface area contributed by atoms with Crippen LogP contribution in [0.15, 0.2) is 24.3 Å². The van der Waals surface area contributed by atoms with Gasteiger partial charge in [0.1, 0.15) is 5.78 Å². The molecule has 0 aromatic carbocycles. The van der Waals surface area contributed by atoms with Gasteiger partial charge < -0.3 is 9.84 Å². The van der Waals surface area contributed by atoms with Crippen LogP contribution >= 0.6 is 0 Å². The lowest BCUT2D eigenvalue weighted by molar-refractivity contribution is -0.147. The van der Waals surface area contributed by atoms with Gasteiger partial charge in [-0.15, -0.1) is 0 Å². The molecule has 0 aromatic rings. The van der Waals surface area contributed by atoms with E-state index in [1.807, 2.05) is 6.08 Å². The van der Waals surface area contributed by atoms with Crippen molar-refractivity contribution in [3.05, 3.63) is 24.3 Å². The molecule has 1 N–H and O–H groups in total. The van der Waals surface area contributed by atoms with Crippen molar-refractivity contribution in [2.75, 3.05) is 6.61 Å². The molecule has 3 rings (SSSR count). The maximum absolute atomic E-state index is 12.3. The molecule has 18 heavy (non-hydrogen) atoms. The van der Waals surface area contributed by atoms with Gasteiger partial charge in [0.15, 0.2) is 0 Å². The standard InChI is InChI=1S/C15H20O3/c1-15-7-3-2-4-11(15)13(17)8-14-12(15)6-5-10(9-16)18-14/h3,5-7,10-12,14,16H,2,4,8-9H2,1H3/t10-,11+,12-,14+,15+/m0/s1. The summed E-state index contributed by atoms with van der Waals surface area (Å²) in [6.07, 6.45) is 10.7. The number of hydrogen-bond acceptors (Lipinski definition) is 3. The summed E-state index contributed by atoms with van der Waals surface area (Å²) in [7, 11) is 0. The Bertz CT molecular complexity index is 412. The van der Waals surface area contributed by atoms with Crippen molar-refractivity contribution in [1.82, 2.24) is 0 Å². The summed E-state index contributed by atoms with van der Waals surface area (Å²) >= 11 is 0. The minimum absolute atomic E-state index is 0.0100. The van der Waals surface area contributed by atoms with Crippen LogP contribution in [0.1, 0.15) is 26.2 Å². The Kier molecular flexibility index (Phi) is 2.91. The van der Waals surface area contributed by atoms with Gasteiger partial charge in [0.25, 0.3) is 0 Å². The molecule has 3 heteroatoms. The molecule has 0 amide bonds. The zero-order valence-corrected chi connectivity index (χ0v) is 10.7. The van der Waals surface area contributed by atoms with Gasteiger partial charge in [-0.2, -0.15) is 0 Å². The zero-order chi connectivity index (χ0) is 12.8. The molecule has 0 aromatic heterocycles. The minimum Gasteiger partial charge on any atom is -0.393 e. The number of ketones is 1. The lowest BCUT2D eigenvalue weighted by Gasteiger charge is -2.50. The number of aliphatic hydroxyl groups is 1. The van der Waals surface area contributed by atoms with Gasteiger partial charge in [-0.25, -0.2) is 0 Å². The molecule has 1 fully saturated rings. The van der Waals surface area contributed by atoms with Gasteiger partial charge >= 0.3 is 0 Å². The van der Waals surface area contributed by atoms with Crippen molar-refractivity contribution < 1.29 is 14.6 Å². The van der Waals surface area contributed by atoms with Crippen molar-refractivity contribution in [2.45, 2.75) is 38.4 Å². The molecule has 5 atom stereocenters. The second kappa shape index (κ2) is 4.32. The van der Waals surface area contributed by atoms with Gasteiger partial charge in [-0.05, 0) is 12.8 Å². The average Bonchev–Trinajstić information content (AvgIpc) is 2.38. The maximum Gasteiger partial charge on any atom is 0.139 e. The molecule has 1 saturated carbocycles. The smallest absolute Gasteiger partial charge is 0.139 e. The van der Waals surface area contributed by atoms with E-state index in [0.717, 1.165) is 12.8 Å². The molecule has 0 radical (unpaired) electrons. The molecule has 0 bridgehead atoms. The van der Waals surface area contributed by atoms with Crippen molar-refractivity contribution in [3.8, 4) is 0 Å². The fraction of sp³-hybridized carbons (Fsp3) is 0.667. The quantitative estimate of drug-likeness (QED) is 0.720. The molecular weight excluding hydrogens is 228 g/mol. The van der Waals surface area contributed by atoms with E-state index in [9.17, 15) is 4.79 Å². The zero-order valence-electron chi connectivity index (χ0n) is 10.7. The van der Waals surface area contributed by atoms with Crippen LogP contribution in [0, 0.1) is 17.3 Å². The summed E-state index contributed by atoms with van der Waals surface area (Å²) in [6.45, 7) is 2.17. The number of carbonyl (C=O) groups is 1. The van der Waals surface area contributed by atoms with E-state index in [1.54, 1.807) is 0 Å². The topological polar surface area (TPSA) is 46.5 Å². The lowest BCUT2D eigenvalue weighted by Crippen LogP contribution is -2.53. The second-order valence-corrected chi connectivity index (χ2v) is 5.88.